The van der Waals surface area contributed by atoms with Crippen LogP contribution in [0.25, 0.3) is 0 Å². The van der Waals surface area contributed by atoms with Crippen LogP contribution in [0.4, 0.5) is 0 Å². The molecule has 0 heterocycles. The average Bonchev–Trinajstić information content (AvgIpc) is 2.40. The van der Waals surface area contributed by atoms with E-state index in [1.165, 1.54) is 39.0 Å². The van der Waals surface area contributed by atoms with Gasteiger partial charge in [0.2, 0.25) is 0 Å². The van der Waals surface area contributed by atoms with Crippen LogP contribution in [-0.2, 0) is 9.53 Å². The molecule has 18 heavy (non-hydrogen) atoms. The topological polar surface area (TPSA) is 50.1 Å². The maximum Gasteiger partial charge on any atom is 0.304 e. The molecule has 0 unspecified atom stereocenters. The van der Waals surface area contributed by atoms with Gasteiger partial charge in [0, 0.05) is 19.8 Å². The Morgan fingerprint density at radius 1 is 1.11 bits per heavy atom. The molecule has 0 N–H and O–H groups in total. The van der Waals surface area contributed by atoms with Gasteiger partial charge in [-0.15, -0.1) is 0 Å². The Morgan fingerprint density at radius 3 is 2.17 bits per heavy atom. The number of rotatable bonds is 2. The lowest BCUT2D eigenvalue weighted by molar-refractivity contribution is -0.155. The van der Waals surface area contributed by atoms with Crippen molar-refractivity contribution in [3.05, 3.63) is 0 Å². The third-order valence-electron chi connectivity index (χ3n) is 4.70. The maximum atomic E-state index is 11.1. The molecule has 0 aromatic heterocycles. The molecular weight excluding hydrogens is 226 g/mol. The van der Waals surface area contributed by atoms with Crippen LogP contribution in [0, 0.1) is 23.2 Å². The standard InChI is InChI=1S/C15H23NO2/c1-12(17)18-15(11-16)9-7-14(8-10-15)13-5-3-2-4-6-13/h13-14H,2-10H2,1H3. The fourth-order valence-corrected chi connectivity index (χ4v) is 3.70. The molecule has 2 aliphatic rings. The summed E-state index contributed by atoms with van der Waals surface area (Å²) in [6, 6.07) is 2.23. The quantitative estimate of drug-likeness (QED) is 0.703. The molecule has 3 heteroatoms. The summed E-state index contributed by atoms with van der Waals surface area (Å²) in [6.07, 6.45) is 10.4. The Hall–Kier alpha value is -1.04. The first-order chi connectivity index (χ1) is 8.65. The lowest BCUT2D eigenvalue weighted by Gasteiger charge is -2.38. The second-order valence-electron chi connectivity index (χ2n) is 5.94. The summed E-state index contributed by atoms with van der Waals surface area (Å²) in [6.45, 7) is 1.40. The molecule has 0 bridgehead atoms. The monoisotopic (exact) mass is 249 g/mol. The highest BCUT2D eigenvalue weighted by Crippen LogP contribution is 2.42. The van der Waals surface area contributed by atoms with E-state index in [9.17, 15) is 10.1 Å². The van der Waals surface area contributed by atoms with E-state index in [4.69, 9.17) is 4.74 Å². The molecule has 0 aromatic rings. The number of hydrogen-bond acceptors (Lipinski definition) is 3. The van der Waals surface area contributed by atoms with Crippen LogP contribution in [0.2, 0.25) is 0 Å². The van der Waals surface area contributed by atoms with E-state index in [0.29, 0.717) is 0 Å². The molecule has 2 rings (SSSR count). The van der Waals surface area contributed by atoms with Crippen LogP contribution < -0.4 is 0 Å². The van der Waals surface area contributed by atoms with Gasteiger partial charge in [-0.2, -0.15) is 5.26 Å². The van der Waals surface area contributed by atoms with Gasteiger partial charge in [-0.25, -0.2) is 0 Å². The van der Waals surface area contributed by atoms with Crippen molar-refractivity contribution in [1.29, 1.82) is 5.26 Å². The fourth-order valence-electron chi connectivity index (χ4n) is 3.70. The first-order valence-corrected chi connectivity index (χ1v) is 7.26. The van der Waals surface area contributed by atoms with Crippen LogP contribution in [0.15, 0.2) is 0 Å². The normalized spacial score (nSPS) is 33.7. The first kappa shape index (κ1) is 13.4. The van der Waals surface area contributed by atoms with Crippen molar-refractivity contribution in [2.45, 2.75) is 70.3 Å². The van der Waals surface area contributed by atoms with Crippen molar-refractivity contribution < 1.29 is 9.53 Å². The van der Waals surface area contributed by atoms with Gasteiger partial charge in [-0.1, -0.05) is 32.1 Å². The van der Waals surface area contributed by atoms with E-state index in [1.807, 2.05) is 0 Å². The van der Waals surface area contributed by atoms with Crippen LogP contribution in [-0.4, -0.2) is 11.6 Å². The number of nitriles is 1. The van der Waals surface area contributed by atoms with Gasteiger partial charge in [-0.3, -0.25) is 4.79 Å². The Kier molecular flexibility index (Phi) is 4.27. The summed E-state index contributed by atoms with van der Waals surface area (Å²) >= 11 is 0. The number of carbonyl (C=O) groups is 1. The summed E-state index contributed by atoms with van der Waals surface area (Å²) in [5.41, 5.74) is -0.822. The number of ether oxygens (including phenoxy) is 1. The maximum absolute atomic E-state index is 11.1. The molecule has 0 spiro atoms. The molecule has 2 aliphatic carbocycles. The fraction of sp³-hybridized carbons (Fsp3) is 0.867. The predicted molar refractivity (Wildman–Crippen MR) is 68.6 cm³/mol. The second kappa shape index (κ2) is 5.73. The van der Waals surface area contributed by atoms with E-state index >= 15 is 0 Å². The van der Waals surface area contributed by atoms with Crippen molar-refractivity contribution in [3.63, 3.8) is 0 Å². The minimum absolute atomic E-state index is 0.326. The molecule has 0 aromatic carbocycles. The highest BCUT2D eigenvalue weighted by atomic mass is 16.6. The second-order valence-corrected chi connectivity index (χ2v) is 5.94. The van der Waals surface area contributed by atoms with Crippen LogP contribution in [0.5, 0.6) is 0 Å². The molecule has 0 amide bonds. The number of nitrogens with zero attached hydrogens (tertiary/aromatic N) is 1. The Bertz CT molecular complexity index is 331. The minimum atomic E-state index is -0.822. The van der Waals surface area contributed by atoms with Gasteiger partial charge < -0.3 is 4.74 Å². The summed E-state index contributed by atoms with van der Waals surface area (Å²) in [5, 5.41) is 9.26. The SMILES string of the molecule is CC(=O)OC1(C#N)CCC(C2CCCCC2)CC1. The Labute approximate surface area is 110 Å². The van der Waals surface area contributed by atoms with Gasteiger partial charge >= 0.3 is 5.97 Å². The summed E-state index contributed by atoms with van der Waals surface area (Å²) < 4.78 is 5.26. The number of hydrogen-bond donors (Lipinski definition) is 0. The van der Waals surface area contributed by atoms with Gasteiger partial charge in [-0.05, 0) is 24.7 Å². The van der Waals surface area contributed by atoms with Crippen molar-refractivity contribution in [2.75, 3.05) is 0 Å². The molecular formula is C15H23NO2. The van der Waals surface area contributed by atoms with Crippen molar-refractivity contribution in [2.24, 2.45) is 11.8 Å². The highest BCUT2D eigenvalue weighted by molar-refractivity contribution is 5.67. The molecule has 0 radical (unpaired) electrons. The molecule has 0 aliphatic heterocycles. The van der Waals surface area contributed by atoms with E-state index < -0.39 is 5.60 Å². The largest absolute Gasteiger partial charge is 0.444 e. The molecule has 0 saturated heterocycles. The van der Waals surface area contributed by atoms with Crippen LogP contribution in [0.3, 0.4) is 0 Å². The highest BCUT2D eigenvalue weighted by Gasteiger charge is 2.40. The van der Waals surface area contributed by atoms with Gasteiger partial charge in [0.25, 0.3) is 0 Å². The molecule has 3 nitrogen and oxygen atoms in total. The third-order valence-corrected chi connectivity index (χ3v) is 4.70. The number of esters is 1. The summed E-state index contributed by atoms with van der Waals surface area (Å²) in [4.78, 5) is 11.1. The zero-order chi connectivity index (χ0) is 13.0. The molecule has 2 fully saturated rings. The van der Waals surface area contributed by atoms with Crippen LogP contribution >= 0.6 is 0 Å². The van der Waals surface area contributed by atoms with Crippen LogP contribution in [0.1, 0.15) is 64.7 Å². The summed E-state index contributed by atoms with van der Waals surface area (Å²) in [5.74, 6) is 1.28. The summed E-state index contributed by atoms with van der Waals surface area (Å²) in [7, 11) is 0. The van der Waals surface area contributed by atoms with Crippen molar-refractivity contribution >= 4 is 5.97 Å². The van der Waals surface area contributed by atoms with E-state index in [1.54, 1.807) is 0 Å². The first-order valence-electron chi connectivity index (χ1n) is 7.26. The molecule has 2 saturated carbocycles. The molecule has 0 atom stereocenters. The van der Waals surface area contributed by atoms with Gasteiger partial charge in [0.1, 0.15) is 6.07 Å². The van der Waals surface area contributed by atoms with Gasteiger partial charge in [0.05, 0.1) is 0 Å². The van der Waals surface area contributed by atoms with E-state index in [-0.39, 0.29) is 5.97 Å². The lowest BCUT2D eigenvalue weighted by Crippen LogP contribution is -2.38. The smallest absolute Gasteiger partial charge is 0.304 e. The predicted octanol–water partition coefficient (Wildman–Crippen LogP) is 3.58. The zero-order valence-corrected chi connectivity index (χ0v) is 11.3. The third kappa shape index (κ3) is 3.04. The minimum Gasteiger partial charge on any atom is -0.444 e. The zero-order valence-electron chi connectivity index (χ0n) is 11.3. The van der Waals surface area contributed by atoms with E-state index in [0.717, 1.165) is 37.5 Å². The molecule has 100 valence electrons. The Morgan fingerprint density at radius 2 is 1.67 bits per heavy atom. The van der Waals surface area contributed by atoms with Crippen molar-refractivity contribution in [3.8, 4) is 6.07 Å². The van der Waals surface area contributed by atoms with Crippen molar-refractivity contribution in [1.82, 2.24) is 0 Å². The average molecular weight is 249 g/mol. The van der Waals surface area contributed by atoms with E-state index in [2.05, 4.69) is 6.07 Å². The number of carbonyl (C=O) groups excluding carboxylic acids is 1. The Balaban J connectivity index is 1.89. The van der Waals surface area contributed by atoms with Gasteiger partial charge in [0.15, 0.2) is 5.60 Å². The lowest BCUT2D eigenvalue weighted by atomic mass is 9.70.